The molecular weight excluding hydrogens is 268 g/mol. The van der Waals surface area contributed by atoms with Crippen LogP contribution < -0.4 is 15.2 Å². The van der Waals surface area contributed by atoms with Crippen molar-refractivity contribution in [1.82, 2.24) is 4.90 Å². The van der Waals surface area contributed by atoms with E-state index in [-0.39, 0.29) is 11.4 Å². The molecule has 0 radical (unpaired) electrons. The van der Waals surface area contributed by atoms with E-state index < -0.39 is 0 Å². The van der Waals surface area contributed by atoms with Gasteiger partial charge in [0.25, 0.3) is 0 Å². The highest BCUT2D eigenvalue weighted by molar-refractivity contribution is 5.77. The fraction of sp³-hybridized carbons (Fsp3) is 0.562. The molecule has 1 aromatic carbocycles. The maximum Gasteiger partial charge on any atom is 0.224 e. The molecule has 1 aliphatic carbocycles. The molecule has 0 saturated heterocycles. The molecule has 0 aromatic heterocycles. The molecule has 0 aliphatic heterocycles. The van der Waals surface area contributed by atoms with Gasteiger partial charge in [-0.05, 0) is 25.3 Å². The van der Waals surface area contributed by atoms with E-state index in [9.17, 15) is 4.79 Å². The molecule has 0 atom stereocenters. The summed E-state index contributed by atoms with van der Waals surface area (Å²) in [7, 11) is 5.00. The smallest absolute Gasteiger partial charge is 0.224 e. The fourth-order valence-electron chi connectivity index (χ4n) is 2.67. The highest BCUT2D eigenvalue weighted by Crippen LogP contribution is 2.34. The topological polar surface area (TPSA) is 64.8 Å². The van der Waals surface area contributed by atoms with Gasteiger partial charge in [-0.2, -0.15) is 0 Å². The lowest BCUT2D eigenvalue weighted by Crippen LogP contribution is -2.50. The lowest BCUT2D eigenvalue weighted by molar-refractivity contribution is -0.132. The summed E-state index contributed by atoms with van der Waals surface area (Å²) in [5, 5.41) is 0. The predicted octanol–water partition coefficient (Wildman–Crippen LogP) is 1.93. The number of methoxy groups -OCH3 is 2. The molecule has 0 heterocycles. The molecule has 1 amide bonds. The zero-order chi connectivity index (χ0) is 15.5. The first-order valence-corrected chi connectivity index (χ1v) is 7.22. The van der Waals surface area contributed by atoms with Crippen LogP contribution in [0.15, 0.2) is 18.2 Å². The number of carbonyl (C=O) groups is 1. The second-order valence-electron chi connectivity index (χ2n) is 5.80. The van der Waals surface area contributed by atoms with E-state index in [2.05, 4.69) is 0 Å². The van der Waals surface area contributed by atoms with Crippen molar-refractivity contribution in [2.45, 2.75) is 37.8 Å². The van der Waals surface area contributed by atoms with Crippen molar-refractivity contribution in [2.75, 3.05) is 21.3 Å². The Labute approximate surface area is 126 Å². The van der Waals surface area contributed by atoms with Crippen LogP contribution in [-0.4, -0.2) is 37.6 Å². The van der Waals surface area contributed by atoms with Gasteiger partial charge in [0.2, 0.25) is 5.91 Å². The molecule has 2 rings (SSSR count). The van der Waals surface area contributed by atoms with Crippen LogP contribution in [0, 0.1) is 0 Å². The molecule has 0 bridgehead atoms. The van der Waals surface area contributed by atoms with Crippen molar-refractivity contribution >= 4 is 5.91 Å². The van der Waals surface area contributed by atoms with Gasteiger partial charge in [-0.1, -0.05) is 12.1 Å². The first-order valence-electron chi connectivity index (χ1n) is 7.22. The van der Waals surface area contributed by atoms with Crippen LogP contribution in [0.2, 0.25) is 0 Å². The zero-order valence-corrected chi connectivity index (χ0v) is 13.0. The third kappa shape index (κ3) is 3.47. The van der Waals surface area contributed by atoms with Gasteiger partial charge in [-0.25, -0.2) is 0 Å². The van der Waals surface area contributed by atoms with Crippen molar-refractivity contribution in [1.29, 1.82) is 0 Å². The third-order valence-electron chi connectivity index (χ3n) is 4.17. The number of hydrogen-bond donors (Lipinski definition) is 1. The van der Waals surface area contributed by atoms with Crippen molar-refractivity contribution in [3.8, 4) is 11.5 Å². The van der Waals surface area contributed by atoms with Crippen molar-refractivity contribution in [2.24, 2.45) is 5.73 Å². The van der Waals surface area contributed by atoms with Crippen LogP contribution in [0.3, 0.4) is 0 Å². The van der Waals surface area contributed by atoms with E-state index in [1.165, 1.54) is 0 Å². The molecule has 5 nitrogen and oxygen atoms in total. The number of rotatable bonds is 6. The zero-order valence-electron chi connectivity index (χ0n) is 13.0. The molecule has 1 saturated carbocycles. The summed E-state index contributed by atoms with van der Waals surface area (Å²) in [6, 6.07) is 5.67. The summed E-state index contributed by atoms with van der Waals surface area (Å²) < 4.78 is 10.7. The number of amides is 1. The number of benzene rings is 1. The predicted molar refractivity (Wildman–Crippen MR) is 81.4 cm³/mol. The van der Waals surface area contributed by atoms with Crippen LogP contribution in [0.25, 0.3) is 0 Å². The number of hydrogen-bond acceptors (Lipinski definition) is 4. The third-order valence-corrected chi connectivity index (χ3v) is 4.17. The van der Waals surface area contributed by atoms with E-state index in [1.807, 2.05) is 18.2 Å². The van der Waals surface area contributed by atoms with Gasteiger partial charge in [0, 0.05) is 31.1 Å². The SMILES string of the molecule is COc1cccc(CN(C)C(=O)CC2(N)CCC2)c1OC. The molecule has 0 spiro atoms. The Morgan fingerprint density at radius 3 is 2.57 bits per heavy atom. The molecule has 0 unspecified atom stereocenters. The first kappa shape index (κ1) is 15.6. The van der Waals surface area contributed by atoms with E-state index in [0.29, 0.717) is 24.5 Å². The summed E-state index contributed by atoms with van der Waals surface area (Å²) in [4.78, 5) is 14.0. The largest absolute Gasteiger partial charge is 0.493 e. The summed E-state index contributed by atoms with van der Waals surface area (Å²) >= 11 is 0. The first-order chi connectivity index (χ1) is 9.99. The Morgan fingerprint density at radius 2 is 2.05 bits per heavy atom. The number of ether oxygens (including phenoxy) is 2. The Bertz CT molecular complexity index is 512. The fourth-order valence-corrected chi connectivity index (χ4v) is 2.67. The molecule has 1 aromatic rings. The Hall–Kier alpha value is -1.75. The van der Waals surface area contributed by atoms with Gasteiger partial charge in [-0.15, -0.1) is 0 Å². The van der Waals surface area contributed by atoms with Crippen molar-refractivity contribution in [3.63, 3.8) is 0 Å². The van der Waals surface area contributed by atoms with Crippen molar-refractivity contribution < 1.29 is 14.3 Å². The van der Waals surface area contributed by atoms with Gasteiger partial charge in [0.1, 0.15) is 0 Å². The normalized spacial score (nSPS) is 16.0. The quantitative estimate of drug-likeness (QED) is 0.870. The molecule has 1 aliphatic rings. The van der Waals surface area contributed by atoms with Crippen LogP contribution in [0.1, 0.15) is 31.2 Å². The van der Waals surface area contributed by atoms with E-state index in [4.69, 9.17) is 15.2 Å². The number of nitrogens with two attached hydrogens (primary N) is 1. The minimum atomic E-state index is -0.288. The van der Waals surface area contributed by atoms with Crippen LogP contribution in [0.5, 0.6) is 11.5 Å². The Morgan fingerprint density at radius 1 is 1.33 bits per heavy atom. The molecule has 21 heavy (non-hydrogen) atoms. The second kappa shape index (κ2) is 6.35. The average Bonchev–Trinajstić information content (AvgIpc) is 2.45. The summed E-state index contributed by atoms with van der Waals surface area (Å²) in [6.07, 6.45) is 3.41. The van der Waals surface area contributed by atoms with Gasteiger partial charge >= 0.3 is 0 Å². The lowest BCUT2D eigenvalue weighted by atomic mass is 9.75. The molecule has 1 fully saturated rings. The van der Waals surface area contributed by atoms with E-state index in [1.54, 1.807) is 26.2 Å². The van der Waals surface area contributed by atoms with E-state index in [0.717, 1.165) is 24.8 Å². The number of nitrogens with zero attached hydrogens (tertiary/aromatic N) is 1. The van der Waals surface area contributed by atoms with Gasteiger partial charge < -0.3 is 20.1 Å². The highest BCUT2D eigenvalue weighted by Gasteiger charge is 2.35. The minimum Gasteiger partial charge on any atom is -0.493 e. The summed E-state index contributed by atoms with van der Waals surface area (Å²) in [6.45, 7) is 0.481. The van der Waals surface area contributed by atoms with Crippen LogP contribution >= 0.6 is 0 Å². The maximum absolute atomic E-state index is 12.3. The molecule has 116 valence electrons. The second-order valence-corrected chi connectivity index (χ2v) is 5.80. The molecule has 2 N–H and O–H groups in total. The summed E-state index contributed by atoms with van der Waals surface area (Å²) in [5.41, 5.74) is 6.78. The molecular formula is C16H24N2O3. The van der Waals surface area contributed by atoms with Crippen molar-refractivity contribution in [3.05, 3.63) is 23.8 Å². The van der Waals surface area contributed by atoms with Gasteiger partial charge in [0.05, 0.1) is 14.2 Å². The minimum absolute atomic E-state index is 0.0714. The number of para-hydroxylation sites is 1. The standard InChI is InChI=1S/C16H24N2O3/c1-18(14(19)10-16(17)8-5-9-16)11-12-6-4-7-13(20-2)15(12)21-3/h4,6-7H,5,8-11,17H2,1-3H3. The van der Waals surface area contributed by atoms with Gasteiger partial charge in [0.15, 0.2) is 11.5 Å². The average molecular weight is 292 g/mol. The number of carbonyl (C=O) groups excluding carboxylic acids is 1. The highest BCUT2D eigenvalue weighted by atomic mass is 16.5. The van der Waals surface area contributed by atoms with Crippen LogP contribution in [0.4, 0.5) is 0 Å². The maximum atomic E-state index is 12.3. The summed E-state index contributed by atoms with van der Waals surface area (Å²) in [5.74, 6) is 1.41. The lowest BCUT2D eigenvalue weighted by Gasteiger charge is -2.38. The Balaban J connectivity index is 2.05. The van der Waals surface area contributed by atoms with E-state index >= 15 is 0 Å². The van der Waals surface area contributed by atoms with Crippen LogP contribution in [-0.2, 0) is 11.3 Å². The Kier molecular flexibility index (Phi) is 4.73. The molecule has 5 heteroatoms. The van der Waals surface area contributed by atoms with Gasteiger partial charge in [-0.3, -0.25) is 4.79 Å². The monoisotopic (exact) mass is 292 g/mol.